The maximum absolute atomic E-state index is 12.8. The van der Waals surface area contributed by atoms with Gasteiger partial charge in [-0.2, -0.15) is 0 Å². The first-order chi connectivity index (χ1) is 13.1. The lowest BCUT2D eigenvalue weighted by Crippen LogP contribution is -2.44. The molecule has 1 amide bonds. The number of piperidine rings is 1. The second-order valence-corrected chi connectivity index (χ2v) is 10.4. The van der Waals surface area contributed by atoms with Crippen molar-refractivity contribution in [1.82, 2.24) is 10.2 Å². The van der Waals surface area contributed by atoms with E-state index in [0.717, 1.165) is 50.2 Å². The molecule has 1 N–H and O–H groups in total. The molecule has 3 heterocycles. The summed E-state index contributed by atoms with van der Waals surface area (Å²) in [5, 5.41) is 3.46. The molecule has 2 bridgehead atoms. The van der Waals surface area contributed by atoms with Crippen LogP contribution in [0.2, 0.25) is 0 Å². The minimum absolute atomic E-state index is 0.196. The van der Waals surface area contributed by atoms with Gasteiger partial charge in [-0.15, -0.1) is 11.3 Å². The van der Waals surface area contributed by atoms with Crippen LogP contribution in [0, 0.1) is 11.8 Å². The zero-order valence-electron chi connectivity index (χ0n) is 17.1. The quantitative estimate of drug-likeness (QED) is 0.686. The highest BCUT2D eigenvalue weighted by Gasteiger charge is 2.39. The van der Waals surface area contributed by atoms with Crippen molar-refractivity contribution in [2.45, 2.75) is 96.2 Å². The van der Waals surface area contributed by atoms with E-state index in [-0.39, 0.29) is 12.0 Å². The number of amides is 1. The third-order valence-corrected chi connectivity index (χ3v) is 8.56. The maximum atomic E-state index is 12.8. The van der Waals surface area contributed by atoms with Gasteiger partial charge in [0.25, 0.3) is 0 Å². The number of carbonyl (C=O) groups excluding carboxylic acids is 1. The highest BCUT2D eigenvalue weighted by Crippen LogP contribution is 2.39. The Morgan fingerprint density at radius 2 is 1.89 bits per heavy atom. The molecule has 3 atom stereocenters. The van der Waals surface area contributed by atoms with Gasteiger partial charge in [0.1, 0.15) is 0 Å². The molecule has 150 valence electrons. The number of fused-ring (bicyclic) bond motifs is 2. The van der Waals surface area contributed by atoms with Gasteiger partial charge < -0.3 is 5.32 Å². The molecule has 0 spiro atoms. The van der Waals surface area contributed by atoms with Crippen molar-refractivity contribution < 1.29 is 4.79 Å². The molecule has 2 aliphatic heterocycles. The summed E-state index contributed by atoms with van der Waals surface area (Å²) in [6.45, 7) is 5.77. The van der Waals surface area contributed by atoms with Crippen molar-refractivity contribution in [2.75, 3.05) is 6.54 Å². The van der Waals surface area contributed by atoms with Crippen molar-refractivity contribution in [3.05, 3.63) is 21.9 Å². The number of thiophene rings is 1. The maximum Gasteiger partial charge on any atom is 0.223 e. The van der Waals surface area contributed by atoms with E-state index in [4.69, 9.17) is 0 Å². The number of rotatable bonds is 7. The van der Waals surface area contributed by atoms with Crippen molar-refractivity contribution in [1.29, 1.82) is 0 Å². The summed E-state index contributed by atoms with van der Waals surface area (Å²) in [6.07, 6.45) is 12.2. The van der Waals surface area contributed by atoms with Gasteiger partial charge in [-0.25, -0.2) is 0 Å². The first-order valence-electron chi connectivity index (χ1n) is 11.3. The van der Waals surface area contributed by atoms with Gasteiger partial charge in [0, 0.05) is 34.3 Å². The van der Waals surface area contributed by atoms with E-state index in [1.165, 1.54) is 48.3 Å². The molecular weight excluding hydrogens is 352 g/mol. The Kier molecular flexibility index (Phi) is 6.23. The Balaban J connectivity index is 1.42. The second-order valence-electron chi connectivity index (χ2n) is 9.19. The van der Waals surface area contributed by atoms with Crippen molar-refractivity contribution in [3.63, 3.8) is 0 Å². The molecule has 1 saturated carbocycles. The molecule has 4 heteroatoms. The zero-order chi connectivity index (χ0) is 18.8. The molecule has 2 saturated heterocycles. The molecule has 0 aromatic carbocycles. The van der Waals surface area contributed by atoms with Crippen LogP contribution in [0.1, 0.15) is 87.4 Å². The van der Waals surface area contributed by atoms with Gasteiger partial charge in [0.05, 0.1) is 6.04 Å². The van der Waals surface area contributed by atoms with E-state index < -0.39 is 0 Å². The fourth-order valence-corrected chi connectivity index (χ4v) is 6.76. The normalized spacial score (nSPS) is 29.9. The SMILES string of the molecule is CCc1ccc([C@H](CCN2C3CCC2CC(C)C3)NC(=O)C2CCCC2)s1. The van der Waals surface area contributed by atoms with Gasteiger partial charge in [-0.3, -0.25) is 9.69 Å². The first kappa shape index (κ1) is 19.4. The summed E-state index contributed by atoms with van der Waals surface area (Å²) >= 11 is 1.90. The van der Waals surface area contributed by atoms with Crippen LogP contribution in [0.25, 0.3) is 0 Å². The monoisotopic (exact) mass is 388 g/mol. The summed E-state index contributed by atoms with van der Waals surface area (Å²) in [5.74, 6) is 1.45. The smallest absolute Gasteiger partial charge is 0.223 e. The average Bonchev–Trinajstić information content (AvgIpc) is 3.39. The van der Waals surface area contributed by atoms with Gasteiger partial charge in [-0.05, 0) is 69.4 Å². The molecule has 3 nitrogen and oxygen atoms in total. The number of hydrogen-bond acceptors (Lipinski definition) is 3. The third-order valence-electron chi connectivity index (χ3n) is 7.21. The fraction of sp³-hybridized carbons (Fsp3) is 0.783. The minimum Gasteiger partial charge on any atom is -0.348 e. The van der Waals surface area contributed by atoms with E-state index >= 15 is 0 Å². The van der Waals surface area contributed by atoms with Crippen LogP contribution in [0.15, 0.2) is 12.1 Å². The summed E-state index contributed by atoms with van der Waals surface area (Å²) in [5.41, 5.74) is 0. The average molecular weight is 389 g/mol. The Bertz CT molecular complexity index is 622. The summed E-state index contributed by atoms with van der Waals surface area (Å²) in [4.78, 5) is 18.4. The molecular formula is C23H36N2OS. The summed E-state index contributed by atoms with van der Waals surface area (Å²) in [7, 11) is 0. The molecule has 4 rings (SSSR count). The van der Waals surface area contributed by atoms with Crippen molar-refractivity contribution >= 4 is 17.2 Å². The molecule has 3 fully saturated rings. The number of nitrogens with one attached hydrogen (secondary N) is 1. The third kappa shape index (κ3) is 4.42. The standard InChI is InChI=1S/C23H36N2OS/c1-3-20-10-11-22(27-20)21(24-23(26)17-6-4-5-7-17)12-13-25-18-8-9-19(25)15-16(2)14-18/h10-11,16-19,21H,3-9,12-15H2,1-2H3,(H,24,26)/t16?,18?,19?,21-/m0/s1. The highest BCUT2D eigenvalue weighted by atomic mass is 32.1. The van der Waals surface area contributed by atoms with Gasteiger partial charge in [0.15, 0.2) is 0 Å². The molecule has 1 aromatic rings. The van der Waals surface area contributed by atoms with Crippen LogP contribution in [0.3, 0.4) is 0 Å². The number of nitrogens with zero attached hydrogens (tertiary/aromatic N) is 1. The van der Waals surface area contributed by atoms with Crippen molar-refractivity contribution in [3.8, 4) is 0 Å². The van der Waals surface area contributed by atoms with Crippen LogP contribution in [0.4, 0.5) is 0 Å². The van der Waals surface area contributed by atoms with Gasteiger partial charge >= 0.3 is 0 Å². The van der Waals surface area contributed by atoms with Crippen LogP contribution < -0.4 is 5.32 Å². The molecule has 2 unspecified atom stereocenters. The van der Waals surface area contributed by atoms with E-state index in [1.54, 1.807) is 0 Å². The summed E-state index contributed by atoms with van der Waals surface area (Å²) < 4.78 is 0. The molecule has 1 aliphatic carbocycles. The lowest BCUT2D eigenvalue weighted by atomic mass is 9.92. The Morgan fingerprint density at radius 3 is 2.52 bits per heavy atom. The second kappa shape index (κ2) is 8.65. The van der Waals surface area contributed by atoms with E-state index in [2.05, 4.69) is 36.2 Å². The predicted molar refractivity (Wildman–Crippen MR) is 113 cm³/mol. The van der Waals surface area contributed by atoms with Gasteiger partial charge in [-0.1, -0.05) is 26.7 Å². The summed E-state index contributed by atoms with van der Waals surface area (Å²) in [6, 6.07) is 6.29. The first-order valence-corrected chi connectivity index (χ1v) is 12.1. The number of hydrogen-bond donors (Lipinski definition) is 1. The van der Waals surface area contributed by atoms with Crippen LogP contribution in [0.5, 0.6) is 0 Å². The van der Waals surface area contributed by atoms with Crippen LogP contribution in [-0.2, 0) is 11.2 Å². The molecule has 1 aromatic heterocycles. The van der Waals surface area contributed by atoms with Gasteiger partial charge in [0.2, 0.25) is 5.91 Å². The molecule has 0 radical (unpaired) electrons. The largest absolute Gasteiger partial charge is 0.348 e. The van der Waals surface area contributed by atoms with E-state index in [9.17, 15) is 4.79 Å². The van der Waals surface area contributed by atoms with Crippen LogP contribution >= 0.6 is 11.3 Å². The lowest BCUT2D eigenvalue weighted by molar-refractivity contribution is -0.125. The number of aryl methyl sites for hydroxylation is 1. The molecule has 3 aliphatic rings. The van der Waals surface area contributed by atoms with Crippen LogP contribution in [-0.4, -0.2) is 29.4 Å². The fourth-order valence-electron chi connectivity index (χ4n) is 5.72. The Labute approximate surface area is 168 Å². The highest BCUT2D eigenvalue weighted by molar-refractivity contribution is 7.12. The Morgan fingerprint density at radius 1 is 1.19 bits per heavy atom. The molecule has 27 heavy (non-hydrogen) atoms. The van der Waals surface area contributed by atoms with Crippen molar-refractivity contribution in [2.24, 2.45) is 11.8 Å². The predicted octanol–water partition coefficient (Wildman–Crippen LogP) is 5.31. The van der Waals surface area contributed by atoms with E-state index in [1.807, 2.05) is 11.3 Å². The number of carbonyl (C=O) groups is 1. The zero-order valence-corrected chi connectivity index (χ0v) is 17.9. The Hall–Kier alpha value is -0.870. The topological polar surface area (TPSA) is 32.3 Å². The minimum atomic E-state index is 0.196. The van der Waals surface area contributed by atoms with E-state index in [0.29, 0.717) is 5.91 Å². The lowest BCUT2D eigenvalue weighted by Gasteiger charge is -2.38.